The molecule has 1 heterocycles. The third-order valence-corrected chi connectivity index (χ3v) is 5.04. The number of nitrogens with zero attached hydrogens (tertiary/aromatic N) is 1. The first kappa shape index (κ1) is 19.4. The van der Waals surface area contributed by atoms with Gasteiger partial charge in [0.1, 0.15) is 17.5 Å². The molecule has 0 saturated carbocycles. The molecule has 0 unspecified atom stereocenters. The molecule has 0 radical (unpaired) electrons. The van der Waals surface area contributed by atoms with Gasteiger partial charge in [0.05, 0.1) is 11.1 Å². The van der Waals surface area contributed by atoms with Crippen LogP contribution in [-0.2, 0) is 4.79 Å². The molecule has 1 atom stereocenters. The fourth-order valence-corrected chi connectivity index (χ4v) is 3.33. The highest BCUT2D eigenvalue weighted by molar-refractivity contribution is 6.23. The van der Waals surface area contributed by atoms with E-state index in [9.17, 15) is 14.4 Å². The van der Waals surface area contributed by atoms with Crippen LogP contribution >= 0.6 is 0 Å². The molecular weight excluding hydrogens is 380 g/mol. The zero-order valence-corrected chi connectivity index (χ0v) is 16.6. The Morgan fingerprint density at radius 3 is 2.03 bits per heavy atom. The van der Waals surface area contributed by atoms with Crippen molar-refractivity contribution < 1.29 is 19.1 Å². The summed E-state index contributed by atoms with van der Waals surface area (Å²) in [7, 11) is 0. The second-order valence-electron chi connectivity index (χ2n) is 7.08. The number of carbonyl (C=O) groups excluding carboxylic acids is 3. The summed E-state index contributed by atoms with van der Waals surface area (Å²) in [6.45, 7) is 3.50. The fraction of sp³-hybridized carbons (Fsp3) is 0.125. The first-order valence-corrected chi connectivity index (χ1v) is 9.57. The van der Waals surface area contributed by atoms with Crippen LogP contribution in [0.2, 0.25) is 0 Å². The zero-order chi connectivity index (χ0) is 21.3. The molecule has 0 fully saturated rings. The van der Waals surface area contributed by atoms with Crippen LogP contribution in [0.3, 0.4) is 0 Å². The van der Waals surface area contributed by atoms with Gasteiger partial charge >= 0.3 is 0 Å². The molecular formula is C24H20N2O4. The quantitative estimate of drug-likeness (QED) is 0.644. The van der Waals surface area contributed by atoms with Crippen LogP contribution in [0, 0.1) is 6.92 Å². The summed E-state index contributed by atoms with van der Waals surface area (Å²) in [6, 6.07) is 20.2. The lowest BCUT2D eigenvalue weighted by molar-refractivity contribution is -0.119. The van der Waals surface area contributed by atoms with Crippen molar-refractivity contribution in [2.45, 2.75) is 19.9 Å². The normalized spacial score (nSPS) is 13.7. The number of nitrogens with one attached hydrogen (secondary N) is 1. The Morgan fingerprint density at radius 2 is 1.43 bits per heavy atom. The van der Waals surface area contributed by atoms with E-state index in [2.05, 4.69) is 5.32 Å². The lowest BCUT2D eigenvalue weighted by atomic mass is 10.1. The van der Waals surface area contributed by atoms with Gasteiger partial charge in [-0.2, -0.15) is 0 Å². The SMILES string of the molecule is Cc1ccccc1Oc1ccc(NC(=O)[C@@H](C)N2C(=O)c3ccccc3C2=O)cc1. The van der Waals surface area contributed by atoms with Crippen molar-refractivity contribution in [2.24, 2.45) is 0 Å². The molecule has 0 aliphatic carbocycles. The van der Waals surface area contributed by atoms with E-state index >= 15 is 0 Å². The van der Waals surface area contributed by atoms with E-state index in [-0.39, 0.29) is 0 Å². The second kappa shape index (κ2) is 7.83. The molecule has 0 saturated heterocycles. The highest BCUT2D eigenvalue weighted by Crippen LogP contribution is 2.27. The maximum Gasteiger partial charge on any atom is 0.262 e. The fourth-order valence-electron chi connectivity index (χ4n) is 3.33. The second-order valence-corrected chi connectivity index (χ2v) is 7.08. The summed E-state index contributed by atoms with van der Waals surface area (Å²) in [6.07, 6.45) is 0. The van der Waals surface area contributed by atoms with Gasteiger partial charge in [-0.15, -0.1) is 0 Å². The monoisotopic (exact) mass is 400 g/mol. The van der Waals surface area contributed by atoms with Crippen LogP contribution in [0.5, 0.6) is 11.5 Å². The largest absolute Gasteiger partial charge is 0.457 e. The van der Waals surface area contributed by atoms with E-state index in [1.165, 1.54) is 6.92 Å². The highest BCUT2D eigenvalue weighted by Gasteiger charge is 2.40. The number of benzene rings is 3. The highest BCUT2D eigenvalue weighted by atomic mass is 16.5. The molecule has 3 aromatic rings. The van der Waals surface area contributed by atoms with E-state index in [0.29, 0.717) is 22.6 Å². The first-order valence-electron chi connectivity index (χ1n) is 9.57. The number of carbonyl (C=O) groups is 3. The number of hydrogen-bond acceptors (Lipinski definition) is 4. The minimum absolute atomic E-state index is 0.319. The van der Waals surface area contributed by atoms with Gasteiger partial charge in [0.15, 0.2) is 0 Å². The summed E-state index contributed by atoms with van der Waals surface area (Å²) in [5.74, 6) is 0.0294. The molecule has 3 aromatic carbocycles. The maximum atomic E-state index is 12.7. The minimum Gasteiger partial charge on any atom is -0.457 e. The van der Waals surface area contributed by atoms with E-state index in [1.54, 1.807) is 48.5 Å². The molecule has 1 aliphatic rings. The smallest absolute Gasteiger partial charge is 0.262 e. The molecule has 6 nitrogen and oxygen atoms in total. The van der Waals surface area contributed by atoms with Gasteiger partial charge in [-0.3, -0.25) is 19.3 Å². The lowest BCUT2D eigenvalue weighted by Gasteiger charge is -2.21. The Labute approximate surface area is 174 Å². The van der Waals surface area contributed by atoms with Crippen LogP contribution in [0.4, 0.5) is 5.69 Å². The summed E-state index contributed by atoms with van der Waals surface area (Å²) < 4.78 is 5.85. The molecule has 1 aliphatic heterocycles. The number of rotatable bonds is 5. The molecule has 0 bridgehead atoms. The summed E-state index contributed by atoms with van der Waals surface area (Å²) in [5, 5.41) is 2.75. The Hall–Kier alpha value is -3.93. The van der Waals surface area contributed by atoms with Crippen LogP contribution in [0.1, 0.15) is 33.2 Å². The van der Waals surface area contributed by atoms with Crippen molar-refractivity contribution in [2.75, 3.05) is 5.32 Å². The van der Waals surface area contributed by atoms with Crippen molar-refractivity contribution >= 4 is 23.4 Å². The number of imide groups is 1. The topological polar surface area (TPSA) is 75.7 Å². The van der Waals surface area contributed by atoms with Crippen LogP contribution in [0.25, 0.3) is 0 Å². The number of aryl methyl sites for hydroxylation is 1. The van der Waals surface area contributed by atoms with E-state index in [1.807, 2.05) is 31.2 Å². The van der Waals surface area contributed by atoms with E-state index < -0.39 is 23.8 Å². The molecule has 0 aromatic heterocycles. The van der Waals surface area contributed by atoms with Crippen molar-refractivity contribution in [1.29, 1.82) is 0 Å². The summed E-state index contributed by atoms with van der Waals surface area (Å²) in [4.78, 5) is 38.8. The standard InChI is InChI=1S/C24H20N2O4/c1-15-7-3-6-10-21(15)30-18-13-11-17(12-14-18)25-22(27)16(2)26-23(28)19-8-4-5-9-20(19)24(26)29/h3-14,16H,1-2H3,(H,25,27)/t16-/m1/s1. The van der Waals surface area contributed by atoms with E-state index in [0.717, 1.165) is 16.2 Å². The third kappa shape index (κ3) is 3.55. The van der Waals surface area contributed by atoms with Crippen molar-refractivity contribution in [3.63, 3.8) is 0 Å². The van der Waals surface area contributed by atoms with Gasteiger partial charge in [0.25, 0.3) is 11.8 Å². The Bertz CT molecular complexity index is 1100. The molecule has 4 rings (SSSR count). The van der Waals surface area contributed by atoms with Gasteiger partial charge in [0.2, 0.25) is 5.91 Å². The van der Waals surface area contributed by atoms with Crippen LogP contribution < -0.4 is 10.1 Å². The number of hydrogen-bond donors (Lipinski definition) is 1. The number of para-hydroxylation sites is 1. The van der Waals surface area contributed by atoms with Gasteiger partial charge in [-0.25, -0.2) is 0 Å². The zero-order valence-electron chi connectivity index (χ0n) is 16.6. The molecule has 3 amide bonds. The van der Waals surface area contributed by atoms with Crippen molar-refractivity contribution in [3.8, 4) is 11.5 Å². The number of ether oxygens (including phenoxy) is 1. The average Bonchev–Trinajstić information content (AvgIpc) is 3.01. The molecule has 1 N–H and O–H groups in total. The first-order chi connectivity index (χ1) is 14.5. The van der Waals surface area contributed by atoms with Gasteiger partial charge in [0, 0.05) is 5.69 Å². The number of anilines is 1. The van der Waals surface area contributed by atoms with E-state index in [4.69, 9.17) is 4.74 Å². The Morgan fingerprint density at radius 1 is 0.867 bits per heavy atom. The predicted octanol–water partition coefficient (Wildman–Crippen LogP) is 4.41. The average molecular weight is 400 g/mol. The molecule has 0 spiro atoms. The maximum absolute atomic E-state index is 12.7. The van der Waals surface area contributed by atoms with Crippen molar-refractivity contribution in [3.05, 3.63) is 89.5 Å². The number of amides is 3. The summed E-state index contributed by atoms with van der Waals surface area (Å²) in [5.41, 5.74) is 2.20. The minimum atomic E-state index is -0.944. The Kier molecular flexibility index (Phi) is 5.06. The molecule has 6 heteroatoms. The number of fused-ring (bicyclic) bond motifs is 1. The van der Waals surface area contributed by atoms with Crippen molar-refractivity contribution in [1.82, 2.24) is 4.90 Å². The lowest BCUT2D eigenvalue weighted by Crippen LogP contribution is -2.45. The van der Waals surface area contributed by atoms with Gasteiger partial charge in [-0.05, 0) is 61.9 Å². The molecule has 150 valence electrons. The third-order valence-electron chi connectivity index (χ3n) is 5.04. The predicted molar refractivity (Wildman–Crippen MR) is 113 cm³/mol. The van der Waals surface area contributed by atoms with Crippen LogP contribution in [-0.4, -0.2) is 28.7 Å². The summed E-state index contributed by atoms with van der Waals surface area (Å²) >= 11 is 0. The van der Waals surface area contributed by atoms with Gasteiger partial charge < -0.3 is 10.1 Å². The van der Waals surface area contributed by atoms with Crippen LogP contribution in [0.15, 0.2) is 72.8 Å². The molecule has 30 heavy (non-hydrogen) atoms. The van der Waals surface area contributed by atoms with Gasteiger partial charge in [-0.1, -0.05) is 30.3 Å². The Balaban J connectivity index is 1.43.